The molecule has 7 N–H and O–H groups in total. The van der Waals surface area contributed by atoms with Crippen LogP contribution < -0.4 is 21.7 Å². The molecule has 0 heterocycles. The molecule has 3 amide bonds. The van der Waals surface area contributed by atoms with Gasteiger partial charge in [0.1, 0.15) is 18.1 Å². The second kappa shape index (κ2) is 13.3. The van der Waals surface area contributed by atoms with Gasteiger partial charge in [0.15, 0.2) is 0 Å². The zero-order valence-corrected chi connectivity index (χ0v) is 17.5. The second-order valence-electron chi connectivity index (χ2n) is 6.60. The first-order valence-corrected chi connectivity index (χ1v) is 10.5. The minimum atomic E-state index is -1.18. The van der Waals surface area contributed by atoms with Gasteiger partial charge in [0.05, 0.1) is 12.6 Å². The molecule has 28 heavy (non-hydrogen) atoms. The second-order valence-corrected chi connectivity index (χ2v) is 7.58. The van der Waals surface area contributed by atoms with Crippen LogP contribution in [0.5, 0.6) is 0 Å². The molecule has 0 aliphatic carbocycles. The molecular weight excluding hydrogens is 388 g/mol. The first kappa shape index (κ1) is 26.1. The fourth-order valence-corrected chi connectivity index (χ4v) is 2.66. The zero-order valence-electron chi connectivity index (χ0n) is 16.7. The van der Waals surface area contributed by atoms with Crippen LogP contribution in [0.2, 0.25) is 0 Å². The lowest BCUT2D eigenvalue weighted by Crippen LogP contribution is -2.55. The van der Waals surface area contributed by atoms with Crippen molar-refractivity contribution in [1.29, 1.82) is 0 Å². The summed E-state index contributed by atoms with van der Waals surface area (Å²) in [6, 6.07) is -3.16. The number of aliphatic carboxylic acids is 1. The summed E-state index contributed by atoms with van der Waals surface area (Å²) >= 11 is 1.47. The zero-order chi connectivity index (χ0) is 21.9. The molecule has 0 aromatic rings. The molecule has 0 rings (SSSR count). The summed E-state index contributed by atoms with van der Waals surface area (Å²) in [5, 5.41) is 25.8. The van der Waals surface area contributed by atoms with Crippen molar-refractivity contribution in [3.05, 3.63) is 0 Å². The lowest BCUT2D eigenvalue weighted by Gasteiger charge is -2.22. The molecule has 0 fully saturated rings. The quantitative estimate of drug-likeness (QED) is 0.213. The molecule has 0 aliphatic rings. The average Bonchev–Trinajstić information content (AvgIpc) is 2.65. The Labute approximate surface area is 169 Å². The van der Waals surface area contributed by atoms with E-state index in [0.717, 1.165) is 0 Å². The number of thioether (sulfide) groups is 1. The van der Waals surface area contributed by atoms with Crippen LogP contribution in [0.3, 0.4) is 0 Å². The molecule has 0 spiro atoms. The summed E-state index contributed by atoms with van der Waals surface area (Å²) in [6.45, 7) is 4.46. The van der Waals surface area contributed by atoms with Gasteiger partial charge in [0, 0.05) is 0 Å². The highest BCUT2D eigenvalue weighted by atomic mass is 32.2. The van der Waals surface area contributed by atoms with E-state index in [9.17, 15) is 29.4 Å². The number of aliphatic hydroxyl groups excluding tert-OH is 1. The van der Waals surface area contributed by atoms with E-state index in [-0.39, 0.29) is 5.92 Å². The average molecular weight is 421 g/mol. The highest BCUT2D eigenvalue weighted by Crippen LogP contribution is 2.07. The third-order valence-corrected chi connectivity index (χ3v) is 4.93. The molecule has 0 aliphatic heterocycles. The molecule has 0 radical (unpaired) electrons. The van der Waals surface area contributed by atoms with Gasteiger partial charge < -0.3 is 31.9 Å². The minimum Gasteiger partial charge on any atom is -0.480 e. The van der Waals surface area contributed by atoms with Gasteiger partial charge in [-0.2, -0.15) is 11.8 Å². The Morgan fingerprint density at radius 2 is 1.71 bits per heavy atom. The maximum Gasteiger partial charge on any atom is 0.326 e. The van der Waals surface area contributed by atoms with E-state index in [1.54, 1.807) is 6.92 Å². The van der Waals surface area contributed by atoms with Gasteiger partial charge in [0.2, 0.25) is 17.7 Å². The van der Waals surface area contributed by atoms with E-state index in [0.29, 0.717) is 18.6 Å². The summed E-state index contributed by atoms with van der Waals surface area (Å²) in [5.41, 5.74) is 5.57. The van der Waals surface area contributed by atoms with Crippen molar-refractivity contribution >= 4 is 35.5 Å². The first-order chi connectivity index (χ1) is 13.0. The van der Waals surface area contributed by atoms with Crippen molar-refractivity contribution in [3.8, 4) is 0 Å². The Bertz CT molecular complexity index is 546. The van der Waals surface area contributed by atoms with E-state index in [2.05, 4.69) is 16.0 Å². The number of hydrogen-bond acceptors (Lipinski definition) is 7. The molecule has 0 saturated heterocycles. The number of carbonyl (C=O) groups is 4. The maximum absolute atomic E-state index is 12.4. The van der Waals surface area contributed by atoms with Crippen molar-refractivity contribution in [3.63, 3.8) is 0 Å². The third kappa shape index (κ3) is 9.38. The van der Waals surface area contributed by atoms with Crippen molar-refractivity contribution in [2.75, 3.05) is 18.6 Å². The predicted octanol–water partition coefficient (Wildman–Crippen LogP) is -1.34. The Balaban J connectivity index is 4.82. The summed E-state index contributed by atoms with van der Waals surface area (Å²) in [5.74, 6) is -2.76. The van der Waals surface area contributed by atoms with Gasteiger partial charge in [-0.3, -0.25) is 14.4 Å². The van der Waals surface area contributed by atoms with Gasteiger partial charge in [-0.25, -0.2) is 4.79 Å². The van der Waals surface area contributed by atoms with E-state index in [1.165, 1.54) is 18.7 Å². The number of nitrogens with two attached hydrogens (primary N) is 1. The molecule has 0 aromatic carbocycles. The van der Waals surface area contributed by atoms with Crippen LogP contribution >= 0.6 is 11.8 Å². The van der Waals surface area contributed by atoms with Crippen LogP contribution in [0, 0.1) is 5.92 Å². The maximum atomic E-state index is 12.4. The highest BCUT2D eigenvalue weighted by molar-refractivity contribution is 7.98. The number of carboxylic acids is 1. The molecular formula is C17H32N4O6S. The predicted molar refractivity (Wildman–Crippen MR) is 107 cm³/mol. The standard InChI is InChI=1S/C17H32N4O6S/c1-5-9(2)14(17(26)27)21-12(23)8-19-15(24)11(6-7-28-4)20-16(25)13(18)10(3)22/h9-11,13-14,22H,5-8,18H2,1-4H3,(H,19,24)(H,20,25)(H,21,23)(H,26,27). The lowest BCUT2D eigenvalue weighted by molar-refractivity contribution is -0.143. The van der Waals surface area contributed by atoms with Crippen LogP contribution in [-0.2, 0) is 19.2 Å². The fraction of sp³-hybridized carbons (Fsp3) is 0.765. The van der Waals surface area contributed by atoms with Gasteiger partial charge in [0.25, 0.3) is 0 Å². The highest BCUT2D eigenvalue weighted by Gasteiger charge is 2.27. The van der Waals surface area contributed by atoms with Crippen molar-refractivity contribution in [1.82, 2.24) is 16.0 Å². The number of nitrogens with one attached hydrogen (secondary N) is 3. The summed E-state index contributed by atoms with van der Waals surface area (Å²) in [6.07, 6.45) is 1.63. The van der Waals surface area contributed by atoms with Crippen LogP contribution in [0.4, 0.5) is 0 Å². The summed E-state index contributed by atoms with van der Waals surface area (Å²) in [4.78, 5) is 47.6. The van der Waals surface area contributed by atoms with Crippen LogP contribution in [0.25, 0.3) is 0 Å². The normalized spacial score (nSPS) is 16.2. The Kier molecular flexibility index (Phi) is 12.5. The molecule has 0 bridgehead atoms. The van der Waals surface area contributed by atoms with E-state index < -0.39 is 54.5 Å². The van der Waals surface area contributed by atoms with Gasteiger partial charge in [-0.15, -0.1) is 0 Å². The Morgan fingerprint density at radius 1 is 1.11 bits per heavy atom. The molecule has 5 atom stereocenters. The van der Waals surface area contributed by atoms with Crippen LogP contribution in [0.15, 0.2) is 0 Å². The monoisotopic (exact) mass is 420 g/mol. The molecule has 0 saturated carbocycles. The van der Waals surface area contributed by atoms with Crippen molar-refractivity contribution in [2.45, 2.75) is 57.8 Å². The third-order valence-electron chi connectivity index (χ3n) is 4.28. The fourth-order valence-electron chi connectivity index (χ4n) is 2.19. The van der Waals surface area contributed by atoms with E-state index in [1.807, 2.05) is 13.2 Å². The number of carboxylic acid groups (broad SMARTS) is 1. The number of aliphatic hydroxyl groups is 1. The van der Waals surface area contributed by atoms with Gasteiger partial charge in [-0.05, 0) is 31.3 Å². The minimum absolute atomic E-state index is 0.271. The summed E-state index contributed by atoms with van der Waals surface area (Å²) < 4.78 is 0. The Morgan fingerprint density at radius 3 is 2.18 bits per heavy atom. The molecule has 11 heteroatoms. The molecule has 5 unspecified atom stereocenters. The topological polar surface area (TPSA) is 171 Å². The van der Waals surface area contributed by atoms with Crippen molar-refractivity contribution < 1.29 is 29.4 Å². The number of amides is 3. The molecule has 10 nitrogen and oxygen atoms in total. The molecule has 0 aromatic heterocycles. The first-order valence-electron chi connectivity index (χ1n) is 9.07. The lowest BCUT2D eigenvalue weighted by atomic mass is 9.99. The number of rotatable bonds is 13. The number of hydrogen-bond donors (Lipinski definition) is 6. The molecule has 162 valence electrons. The van der Waals surface area contributed by atoms with Gasteiger partial charge in [-0.1, -0.05) is 20.3 Å². The summed E-state index contributed by atoms with van der Waals surface area (Å²) in [7, 11) is 0. The van der Waals surface area contributed by atoms with Crippen molar-refractivity contribution in [2.24, 2.45) is 11.7 Å². The smallest absolute Gasteiger partial charge is 0.326 e. The SMILES string of the molecule is CCC(C)C(NC(=O)CNC(=O)C(CCSC)NC(=O)C(N)C(C)O)C(=O)O. The number of carbonyl (C=O) groups excluding carboxylic acids is 3. The largest absolute Gasteiger partial charge is 0.480 e. The van der Waals surface area contributed by atoms with E-state index >= 15 is 0 Å². The van der Waals surface area contributed by atoms with Crippen LogP contribution in [0.1, 0.15) is 33.6 Å². The van der Waals surface area contributed by atoms with Crippen LogP contribution in [-0.4, -0.2) is 76.7 Å². The van der Waals surface area contributed by atoms with Gasteiger partial charge >= 0.3 is 5.97 Å². The van der Waals surface area contributed by atoms with E-state index in [4.69, 9.17) is 5.73 Å². The Hall–Kier alpha value is -1.85.